The first-order valence-corrected chi connectivity index (χ1v) is 7.30. The van der Waals surface area contributed by atoms with Crippen molar-refractivity contribution in [1.29, 1.82) is 0 Å². The van der Waals surface area contributed by atoms with E-state index >= 15 is 0 Å². The number of pyridine rings is 1. The summed E-state index contributed by atoms with van der Waals surface area (Å²) < 4.78 is 32.8. The summed E-state index contributed by atoms with van der Waals surface area (Å²) in [5.41, 5.74) is 5.23. The molecule has 1 aromatic heterocycles. The van der Waals surface area contributed by atoms with Crippen LogP contribution in [0, 0.1) is 11.6 Å². The van der Waals surface area contributed by atoms with E-state index in [1.165, 1.54) is 0 Å². The van der Waals surface area contributed by atoms with Crippen LogP contribution in [0.5, 0.6) is 5.75 Å². The standard InChI is InChI=1S/C17H11ClF2N2O2/c18-11-3-1-2-9-4-5-10(22-16(9)11)8-24-13-7-6-12(19)14(15(13)20)17(21)23/h1-7H,8H2,(H2,21,23). The van der Waals surface area contributed by atoms with E-state index in [1.54, 1.807) is 12.1 Å². The molecule has 1 heterocycles. The van der Waals surface area contributed by atoms with E-state index in [1.807, 2.05) is 18.2 Å². The maximum absolute atomic E-state index is 14.1. The molecule has 0 aliphatic heterocycles. The summed E-state index contributed by atoms with van der Waals surface area (Å²) in [6.07, 6.45) is 0. The number of rotatable bonds is 4. The lowest BCUT2D eigenvalue weighted by molar-refractivity contribution is 0.0991. The number of hydrogen-bond donors (Lipinski definition) is 1. The Morgan fingerprint density at radius 3 is 2.71 bits per heavy atom. The fourth-order valence-corrected chi connectivity index (χ4v) is 2.48. The summed E-state index contributed by atoms with van der Waals surface area (Å²) in [6, 6.07) is 10.9. The van der Waals surface area contributed by atoms with Gasteiger partial charge in [0.05, 0.1) is 16.2 Å². The van der Waals surface area contributed by atoms with Crippen LogP contribution in [-0.2, 0) is 6.61 Å². The minimum atomic E-state index is -1.20. The second-order valence-electron chi connectivity index (χ2n) is 5.00. The molecule has 4 nitrogen and oxygen atoms in total. The van der Waals surface area contributed by atoms with Gasteiger partial charge in [-0.1, -0.05) is 29.8 Å². The summed E-state index contributed by atoms with van der Waals surface area (Å²) >= 11 is 6.09. The second-order valence-corrected chi connectivity index (χ2v) is 5.41. The van der Waals surface area contributed by atoms with Crippen molar-refractivity contribution in [3.05, 3.63) is 70.4 Å². The molecule has 0 saturated carbocycles. The minimum absolute atomic E-state index is 0.0814. The van der Waals surface area contributed by atoms with Gasteiger partial charge in [-0.05, 0) is 24.3 Å². The number of fused-ring (bicyclic) bond motifs is 1. The number of primary amides is 1. The molecule has 2 aromatic carbocycles. The first-order valence-electron chi connectivity index (χ1n) is 6.92. The average molecular weight is 349 g/mol. The Balaban J connectivity index is 1.87. The highest BCUT2D eigenvalue weighted by Crippen LogP contribution is 2.25. The molecule has 0 bridgehead atoms. The molecule has 3 rings (SSSR count). The zero-order chi connectivity index (χ0) is 17.3. The number of hydrogen-bond acceptors (Lipinski definition) is 3. The van der Waals surface area contributed by atoms with Crippen LogP contribution >= 0.6 is 11.6 Å². The molecule has 0 aliphatic carbocycles. The summed E-state index contributed by atoms with van der Waals surface area (Å²) in [6.45, 7) is -0.0814. The van der Waals surface area contributed by atoms with Crippen molar-refractivity contribution < 1.29 is 18.3 Å². The molecule has 0 spiro atoms. The van der Waals surface area contributed by atoms with Crippen molar-refractivity contribution in [2.45, 2.75) is 6.61 Å². The average Bonchev–Trinajstić information content (AvgIpc) is 2.54. The highest BCUT2D eigenvalue weighted by atomic mass is 35.5. The van der Waals surface area contributed by atoms with Crippen molar-refractivity contribution in [2.24, 2.45) is 5.73 Å². The molecule has 0 unspecified atom stereocenters. The van der Waals surface area contributed by atoms with Crippen LogP contribution < -0.4 is 10.5 Å². The number of carbonyl (C=O) groups is 1. The van der Waals surface area contributed by atoms with E-state index < -0.39 is 23.1 Å². The SMILES string of the molecule is NC(=O)c1c(F)ccc(OCc2ccc3cccc(Cl)c3n2)c1F. The van der Waals surface area contributed by atoms with E-state index in [-0.39, 0.29) is 12.4 Å². The van der Waals surface area contributed by atoms with Gasteiger partial charge in [0.25, 0.3) is 5.91 Å². The van der Waals surface area contributed by atoms with Gasteiger partial charge in [-0.3, -0.25) is 4.79 Å². The van der Waals surface area contributed by atoms with Crippen molar-refractivity contribution in [1.82, 2.24) is 4.98 Å². The second kappa shape index (κ2) is 6.41. The number of aromatic nitrogens is 1. The summed E-state index contributed by atoms with van der Waals surface area (Å²) in [5, 5.41) is 1.34. The number of para-hydroxylation sites is 1. The van der Waals surface area contributed by atoms with E-state index in [9.17, 15) is 13.6 Å². The minimum Gasteiger partial charge on any atom is -0.484 e. The van der Waals surface area contributed by atoms with Gasteiger partial charge < -0.3 is 10.5 Å². The van der Waals surface area contributed by atoms with Crippen LogP contribution in [0.4, 0.5) is 8.78 Å². The molecule has 1 amide bonds. The zero-order valence-corrected chi connectivity index (χ0v) is 13.0. The third-order valence-electron chi connectivity index (χ3n) is 3.41. The number of halogens is 3. The normalized spacial score (nSPS) is 10.8. The Labute approximate surface area is 140 Å². The Morgan fingerprint density at radius 1 is 1.17 bits per heavy atom. The van der Waals surface area contributed by atoms with Gasteiger partial charge >= 0.3 is 0 Å². The Kier molecular flexibility index (Phi) is 4.31. The lowest BCUT2D eigenvalue weighted by Crippen LogP contribution is -2.16. The van der Waals surface area contributed by atoms with Crippen LogP contribution in [0.2, 0.25) is 5.02 Å². The highest BCUT2D eigenvalue weighted by molar-refractivity contribution is 6.35. The topological polar surface area (TPSA) is 65.2 Å². The molecule has 2 N–H and O–H groups in total. The monoisotopic (exact) mass is 348 g/mol. The maximum atomic E-state index is 14.1. The van der Waals surface area contributed by atoms with E-state index in [0.717, 1.165) is 17.5 Å². The lowest BCUT2D eigenvalue weighted by atomic mass is 10.1. The molecule has 0 aliphatic rings. The van der Waals surface area contributed by atoms with Crippen LogP contribution in [-0.4, -0.2) is 10.9 Å². The Bertz CT molecular complexity index is 947. The fourth-order valence-electron chi connectivity index (χ4n) is 2.25. The smallest absolute Gasteiger partial charge is 0.254 e. The van der Waals surface area contributed by atoms with Crippen molar-refractivity contribution in [3.8, 4) is 5.75 Å². The highest BCUT2D eigenvalue weighted by Gasteiger charge is 2.19. The Morgan fingerprint density at radius 2 is 1.96 bits per heavy atom. The molecule has 24 heavy (non-hydrogen) atoms. The van der Waals surface area contributed by atoms with Crippen molar-refractivity contribution in [2.75, 3.05) is 0 Å². The van der Waals surface area contributed by atoms with Crippen LogP contribution in [0.1, 0.15) is 16.1 Å². The Hall–Kier alpha value is -2.73. The first-order chi connectivity index (χ1) is 11.5. The van der Waals surface area contributed by atoms with E-state index in [0.29, 0.717) is 16.2 Å². The molecular formula is C17H11ClF2N2O2. The first kappa shape index (κ1) is 16.1. The van der Waals surface area contributed by atoms with Crippen LogP contribution in [0.15, 0.2) is 42.5 Å². The zero-order valence-electron chi connectivity index (χ0n) is 12.2. The quantitative estimate of drug-likeness (QED) is 0.779. The van der Waals surface area contributed by atoms with Crippen LogP contribution in [0.25, 0.3) is 10.9 Å². The summed E-state index contributed by atoms with van der Waals surface area (Å²) in [5.74, 6) is -3.67. The number of nitrogens with two attached hydrogens (primary N) is 1. The van der Waals surface area contributed by atoms with Gasteiger partial charge in [0.2, 0.25) is 0 Å². The van der Waals surface area contributed by atoms with Crippen LogP contribution in [0.3, 0.4) is 0 Å². The molecule has 122 valence electrons. The number of carbonyl (C=O) groups excluding carboxylic acids is 1. The van der Waals surface area contributed by atoms with Crippen molar-refractivity contribution in [3.63, 3.8) is 0 Å². The van der Waals surface area contributed by atoms with Gasteiger partial charge in [-0.2, -0.15) is 0 Å². The maximum Gasteiger partial charge on any atom is 0.254 e. The van der Waals surface area contributed by atoms with E-state index in [4.69, 9.17) is 22.1 Å². The molecule has 0 saturated heterocycles. The molecule has 3 aromatic rings. The van der Waals surface area contributed by atoms with E-state index in [2.05, 4.69) is 4.98 Å². The third-order valence-corrected chi connectivity index (χ3v) is 3.71. The molecule has 7 heteroatoms. The molecule has 0 fully saturated rings. The molecular weight excluding hydrogens is 338 g/mol. The number of benzene rings is 2. The van der Waals surface area contributed by atoms with Gasteiger partial charge in [0.1, 0.15) is 18.0 Å². The number of amides is 1. The van der Waals surface area contributed by atoms with Crippen molar-refractivity contribution >= 4 is 28.4 Å². The summed E-state index contributed by atoms with van der Waals surface area (Å²) in [4.78, 5) is 15.5. The lowest BCUT2D eigenvalue weighted by Gasteiger charge is -2.10. The van der Waals surface area contributed by atoms with Gasteiger partial charge in [0, 0.05) is 5.39 Å². The van der Waals surface area contributed by atoms with Gasteiger partial charge in [-0.15, -0.1) is 0 Å². The molecule has 0 atom stereocenters. The molecule has 0 radical (unpaired) electrons. The third kappa shape index (κ3) is 3.00. The predicted molar refractivity (Wildman–Crippen MR) is 86.0 cm³/mol. The van der Waals surface area contributed by atoms with Gasteiger partial charge in [-0.25, -0.2) is 13.8 Å². The predicted octanol–water partition coefficient (Wildman–Crippen LogP) is 3.84. The number of ether oxygens (including phenoxy) is 1. The van der Waals surface area contributed by atoms with Gasteiger partial charge in [0.15, 0.2) is 11.6 Å². The fraction of sp³-hybridized carbons (Fsp3) is 0.0588. The number of nitrogens with zero attached hydrogens (tertiary/aromatic N) is 1. The summed E-state index contributed by atoms with van der Waals surface area (Å²) in [7, 11) is 0. The largest absolute Gasteiger partial charge is 0.484 e.